The van der Waals surface area contributed by atoms with Gasteiger partial charge in [0.1, 0.15) is 6.61 Å². The molecule has 2 aromatic rings. The molecule has 0 bridgehead atoms. The Morgan fingerprint density at radius 1 is 1.41 bits per heavy atom. The van der Waals surface area contributed by atoms with Crippen molar-refractivity contribution in [3.05, 3.63) is 52.1 Å². The van der Waals surface area contributed by atoms with Crippen molar-refractivity contribution in [3.63, 3.8) is 0 Å². The van der Waals surface area contributed by atoms with Crippen LogP contribution in [0.3, 0.4) is 0 Å². The van der Waals surface area contributed by atoms with E-state index in [-0.39, 0.29) is 17.9 Å². The maximum absolute atomic E-state index is 12.1. The van der Waals surface area contributed by atoms with Gasteiger partial charge in [-0.15, -0.1) is 0 Å². The molecule has 0 saturated heterocycles. The first-order valence-electron chi connectivity index (χ1n) is 7.76. The molecule has 3 rings (SSSR count). The van der Waals surface area contributed by atoms with E-state index in [9.17, 15) is 20.0 Å². The molecule has 1 aliphatic heterocycles. The van der Waals surface area contributed by atoms with E-state index in [0.717, 1.165) is 6.07 Å². The van der Waals surface area contributed by atoms with E-state index in [2.05, 4.69) is 10.5 Å². The molecule has 1 unspecified atom stereocenters. The summed E-state index contributed by atoms with van der Waals surface area (Å²) in [5, 5.41) is 24.5. The van der Waals surface area contributed by atoms with Crippen LogP contribution >= 0.6 is 0 Å². The van der Waals surface area contributed by atoms with E-state index < -0.39 is 28.4 Å². The van der Waals surface area contributed by atoms with E-state index in [1.54, 1.807) is 24.3 Å². The standard InChI is InChI=1S/C17H15N3O7/c1-25-14-7-10(6-11(16(14)21)20(23)24)8-18-19-17(22)15-9-26-12-4-2-3-5-13(12)27-15/h2-8,15,21H,9H2,1H3,(H,19,22)/b18-8-. The van der Waals surface area contributed by atoms with Crippen molar-refractivity contribution in [2.24, 2.45) is 5.10 Å². The number of fused-ring (bicyclic) bond motifs is 1. The van der Waals surface area contributed by atoms with Crippen LogP contribution in [0.2, 0.25) is 0 Å². The minimum absolute atomic E-state index is 0.0247. The molecule has 2 aromatic carbocycles. The lowest BCUT2D eigenvalue weighted by Crippen LogP contribution is -2.42. The van der Waals surface area contributed by atoms with Gasteiger partial charge in [-0.2, -0.15) is 5.10 Å². The number of nitrogens with one attached hydrogen (secondary N) is 1. The summed E-state index contributed by atoms with van der Waals surface area (Å²) in [5.41, 5.74) is 2.00. The number of nitrogens with zero attached hydrogens (tertiary/aromatic N) is 2. The zero-order valence-electron chi connectivity index (χ0n) is 14.1. The normalized spacial score (nSPS) is 15.4. The van der Waals surface area contributed by atoms with Gasteiger partial charge >= 0.3 is 5.69 Å². The van der Waals surface area contributed by atoms with E-state index in [1.165, 1.54) is 19.4 Å². The van der Waals surface area contributed by atoms with E-state index >= 15 is 0 Å². The highest BCUT2D eigenvalue weighted by Gasteiger charge is 2.27. The SMILES string of the molecule is COc1cc(/C=N\NC(=O)C2COc3ccccc3O2)cc([N+](=O)[O-])c1O. The van der Waals surface area contributed by atoms with Crippen molar-refractivity contribution in [2.75, 3.05) is 13.7 Å². The highest BCUT2D eigenvalue weighted by molar-refractivity contribution is 5.86. The Morgan fingerprint density at radius 3 is 2.85 bits per heavy atom. The van der Waals surface area contributed by atoms with Crippen LogP contribution in [0, 0.1) is 10.1 Å². The number of ether oxygens (including phenoxy) is 3. The number of carbonyl (C=O) groups excluding carboxylic acids is 1. The Balaban J connectivity index is 1.68. The fourth-order valence-electron chi connectivity index (χ4n) is 2.37. The van der Waals surface area contributed by atoms with E-state index in [1.807, 2.05) is 0 Å². The Labute approximate surface area is 153 Å². The highest BCUT2D eigenvalue weighted by Crippen LogP contribution is 2.36. The predicted octanol–water partition coefficient (Wildman–Crippen LogP) is 1.60. The zero-order chi connectivity index (χ0) is 19.4. The van der Waals surface area contributed by atoms with Gasteiger partial charge < -0.3 is 19.3 Å². The molecule has 27 heavy (non-hydrogen) atoms. The predicted molar refractivity (Wildman–Crippen MR) is 93.4 cm³/mol. The molecule has 1 atom stereocenters. The highest BCUT2D eigenvalue weighted by atomic mass is 16.6. The molecule has 1 aliphatic rings. The lowest BCUT2D eigenvalue weighted by molar-refractivity contribution is -0.386. The second-order valence-electron chi connectivity index (χ2n) is 5.45. The summed E-state index contributed by atoms with van der Waals surface area (Å²) in [5.74, 6) is -0.214. The van der Waals surface area contributed by atoms with Crippen LogP contribution in [0.5, 0.6) is 23.0 Å². The van der Waals surface area contributed by atoms with Crippen LogP contribution in [0.15, 0.2) is 41.5 Å². The van der Waals surface area contributed by atoms with Gasteiger partial charge in [0.2, 0.25) is 11.9 Å². The summed E-state index contributed by atoms with van der Waals surface area (Å²) in [6, 6.07) is 9.40. The first kappa shape index (κ1) is 18.0. The Morgan fingerprint density at radius 2 is 2.15 bits per heavy atom. The van der Waals surface area contributed by atoms with Crippen LogP contribution in [-0.4, -0.2) is 42.0 Å². The van der Waals surface area contributed by atoms with Crippen molar-refractivity contribution in [2.45, 2.75) is 6.10 Å². The molecular formula is C17H15N3O7. The van der Waals surface area contributed by atoms with Crippen molar-refractivity contribution in [1.82, 2.24) is 5.43 Å². The number of aromatic hydroxyl groups is 1. The molecule has 0 aromatic heterocycles. The van der Waals surface area contributed by atoms with Crippen molar-refractivity contribution < 1.29 is 29.0 Å². The summed E-state index contributed by atoms with van der Waals surface area (Å²) in [6.45, 7) is 0.0247. The fraction of sp³-hybridized carbons (Fsp3) is 0.176. The third-order valence-electron chi connectivity index (χ3n) is 3.68. The number of carbonyl (C=O) groups is 1. The third kappa shape index (κ3) is 3.89. The van der Waals surface area contributed by atoms with Crippen LogP contribution < -0.4 is 19.6 Å². The molecule has 0 aliphatic carbocycles. The number of para-hydroxylation sites is 2. The van der Waals surface area contributed by atoms with Gasteiger partial charge in [0.05, 0.1) is 18.2 Å². The summed E-state index contributed by atoms with van der Waals surface area (Å²) in [7, 11) is 1.26. The number of methoxy groups -OCH3 is 1. The monoisotopic (exact) mass is 373 g/mol. The minimum atomic E-state index is -0.888. The molecule has 0 fully saturated rings. The summed E-state index contributed by atoms with van der Waals surface area (Å²) in [4.78, 5) is 22.4. The van der Waals surface area contributed by atoms with Gasteiger partial charge in [0, 0.05) is 11.6 Å². The minimum Gasteiger partial charge on any atom is -0.500 e. The molecule has 0 spiro atoms. The number of benzene rings is 2. The van der Waals surface area contributed by atoms with Gasteiger partial charge in [-0.3, -0.25) is 14.9 Å². The lowest BCUT2D eigenvalue weighted by Gasteiger charge is -2.24. The molecule has 2 N–H and O–H groups in total. The van der Waals surface area contributed by atoms with Crippen LogP contribution in [0.25, 0.3) is 0 Å². The first-order chi connectivity index (χ1) is 13.0. The molecule has 10 nitrogen and oxygen atoms in total. The van der Waals surface area contributed by atoms with E-state index in [0.29, 0.717) is 11.5 Å². The van der Waals surface area contributed by atoms with Crippen molar-refractivity contribution in [3.8, 4) is 23.0 Å². The summed E-state index contributed by atoms with van der Waals surface area (Å²) < 4.78 is 15.9. The van der Waals surface area contributed by atoms with Crippen molar-refractivity contribution >= 4 is 17.8 Å². The van der Waals surface area contributed by atoms with Gasteiger partial charge in [0.25, 0.3) is 5.91 Å². The number of phenols is 1. The molecular weight excluding hydrogens is 358 g/mol. The van der Waals surface area contributed by atoms with Crippen LogP contribution in [0.1, 0.15) is 5.56 Å². The number of hydrogen-bond donors (Lipinski definition) is 2. The zero-order valence-corrected chi connectivity index (χ0v) is 14.1. The molecule has 0 saturated carbocycles. The maximum atomic E-state index is 12.1. The number of hydrazone groups is 1. The lowest BCUT2D eigenvalue weighted by atomic mass is 10.2. The average Bonchev–Trinajstić information content (AvgIpc) is 2.68. The number of phenolic OH excluding ortho intramolecular Hbond substituents is 1. The summed E-state index contributed by atoms with van der Waals surface area (Å²) in [6.07, 6.45) is 0.297. The first-order valence-corrected chi connectivity index (χ1v) is 7.76. The molecule has 1 amide bonds. The molecule has 1 heterocycles. The smallest absolute Gasteiger partial charge is 0.315 e. The second-order valence-corrected chi connectivity index (χ2v) is 5.45. The Bertz CT molecular complexity index is 913. The molecule has 10 heteroatoms. The van der Waals surface area contributed by atoms with Crippen LogP contribution in [-0.2, 0) is 4.79 Å². The third-order valence-corrected chi connectivity index (χ3v) is 3.68. The van der Waals surface area contributed by atoms with Gasteiger partial charge in [-0.05, 0) is 18.2 Å². The number of amides is 1. The largest absolute Gasteiger partial charge is 0.500 e. The number of nitro groups is 1. The Hall–Kier alpha value is -3.82. The second kappa shape index (κ2) is 7.60. The number of nitro benzene ring substituents is 1. The van der Waals surface area contributed by atoms with E-state index in [4.69, 9.17) is 14.2 Å². The van der Waals surface area contributed by atoms with Gasteiger partial charge in [0.15, 0.2) is 17.2 Å². The van der Waals surface area contributed by atoms with Gasteiger partial charge in [-0.25, -0.2) is 5.43 Å². The maximum Gasteiger partial charge on any atom is 0.315 e. The Kier molecular flexibility index (Phi) is 5.06. The quantitative estimate of drug-likeness (QED) is 0.462. The molecule has 0 radical (unpaired) electrons. The number of rotatable bonds is 5. The molecule has 140 valence electrons. The topological polar surface area (TPSA) is 133 Å². The van der Waals surface area contributed by atoms with Crippen molar-refractivity contribution in [1.29, 1.82) is 0 Å². The summed E-state index contributed by atoms with van der Waals surface area (Å²) >= 11 is 0. The van der Waals surface area contributed by atoms with Crippen LogP contribution in [0.4, 0.5) is 5.69 Å². The number of hydrogen-bond acceptors (Lipinski definition) is 8. The fourth-order valence-corrected chi connectivity index (χ4v) is 2.37. The average molecular weight is 373 g/mol. The van der Waals surface area contributed by atoms with Gasteiger partial charge in [-0.1, -0.05) is 12.1 Å².